The first-order valence-corrected chi connectivity index (χ1v) is 12.5. The second kappa shape index (κ2) is 9.06. The molecule has 3 aromatic rings. The van der Waals surface area contributed by atoms with Crippen LogP contribution < -0.4 is 4.74 Å². The molecule has 1 atom stereocenters. The minimum Gasteiger partial charge on any atom is -0.497 e. The number of fused-ring (bicyclic) bond motifs is 1. The first kappa shape index (κ1) is 21.9. The molecule has 0 saturated carbocycles. The van der Waals surface area contributed by atoms with Crippen LogP contribution in [0.15, 0.2) is 46.8 Å². The number of thiophene rings is 1. The van der Waals surface area contributed by atoms with Crippen molar-refractivity contribution in [3.8, 4) is 22.3 Å². The number of ether oxygens (including phenoxy) is 1. The van der Waals surface area contributed by atoms with Gasteiger partial charge in [-0.2, -0.15) is 5.26 Å². The van der Waals surface area contributed by atoms with Crippen LogP contribution in [0.25, 0.3) is 10.4 Å². The Morgan fingerprint density at radius 2 is 2.10 bits per heavy atom. The number of thioether (sulfide) groups is 1. The number of rotatable bonds is 5. The van der Waals surface area contributed by atoms with E-state index < -0.39 is 0 Å². The Morgan fingerprint density at radius 1 is 1.26 bits per heavy atom. The van der Waals surface area contributed by atoms with Gasteiger partial charge in [0.1, 0.15) is 16.8 Å². The van der Waals surface area contributed by atoms with E-state index in [1.165, 1.54) is 16.1 Å². The highest BCUT2D eigenvalue weighted by atomic mass is 32.2. The van der Waals surface area contributed by atoms with E-state index in [9.17, 15) is 5.26 Å². The van der Waals surface area contributed by atoms with Gasteiger partial charge in [-0.25, -0.2) is 4.98 Å². The average Bonchev–Trinajstić information content (AvgIpc) is 3.30. The fraction of sp³-hybridized carbons (Fsp3) is 0.385. The Morgan fingerprint density at radius 3 is 2.77 bits per heavy atom. The normalized spacial score (nSPS) is 15.9. The van der Waals surface area contributed by atoms with Crippen LogP contribution in [0.4, 0.5) is 0 Å². The van der Waals surface area contributed by atoms with E-state index in [4.69, 9.17) is 9.72 Å². The standard InChI is InChI=1S/C26H28N2OS2/c1-26(2,3)18-10-11-20-22(14-18)28-25(21(15-27)24(20)23-9-6-12-30-23)31-16-17-7-5-8-19(13-17)29-4/h5-9,12-13,18H,10-11,14,16H2,1-4H3/t18-/m0/s1. The molecule has 5 heteroatoms. The molecule has 0 unspecified atom stereocenters. The molecule has 31 heavy (non-hydrogen) atoms. The number of pyridine rings is 1. The van der Waals surface area contributed by atoms with Gasteiger partial charge in [0.15, 0.2) is 0 Å². The van der Waals surface area contributed by atoms with Crippen LogP contribution in [0.3, 0.4) is 0 Å². The topological polar surface area (TPSA) is 45.9 Å². The highest BCUT2D eigenvalue weighted by Crippen LogP contribution is 2.44. The molecule has 0 spiro atoms. The molecule has 3 nitrogen and oxygen atoms in total. The Balaban J connectivity index is 1.76. The van der Waals surface area contributed by atoms with Crippen LogP contribution >= 0.6 is 23.1 Å². The molecule has 160 valence electrons. The van der Waals surface area contributed by atoms with Gasteiger partial charge < -0.3 is 4.74 Å². The quantitative estimate of drug-likeness (QED) is 0.389. The zero-order chi connectivity index (χ0) is 22.0. The third kappa shape index (κ3) is 4.66. The Labute approximate surface area is 193 Å². The molecule has 1 aromatic carbocycles. The van der Waals surface area contributed by atoms with Crippen molar-refractivity contribution in [2.24, 2.45) is 11.3 Å². The molecule has 0 bridgehead atoms. The van der Waals surface area contributed by atoms with Crippen LogP contribution in [0, 0.1) is 22.7 Å². The van der Waals surface area contributed by atoms with Crippen LogP contribution in [-0.4, -0.2) is 12.1 Å². The summed E-state index contributed by atoms with van der Waals surface area (Å²) in [6.45, 7) is 6.97. The smallest absolute Gasteiger partial charge is 0.119 e. The molecular formula is C26H28N2OS2. The van der Waals surface area contributed by atoms with Crippen molar-refractivity contribution in [2.75, 3.05) is 7.11 Å². The third-order valence-corrected chi connectivity index (χ3v) is 8.08. The van der Waals surface area contributed by atoms with Gasteiger partial charge in [0, 0.05) is 21.9 Å². The maximum atomic E-state index is 10.1. The predicted molar refractivity (Wildman–Crippen MR) is 130 cm³/mol. The summed E-state index contributed by atoms with van der Waals surface area (Å²) in [5, 5.41) is 13.1. The van der Waals surface area contributed by atoms with Crippen molar-refractivity contribution in [1.82, 2.24) is 4.98 Å². The molecule has 0 amide bonds. The average molecular weight is 449 g/mol. The van der Waals surface area contributed by atoms with E-state index in [2.05, 4.69) is 50.4 Å². The predicted octanol–water partition coefficient (Wildman–Crippen LogP) is 7.13. The number of nitrogens with zero attached hydrogens (tertiary/aromatic N) is 2. The minimum absolute atomic E-state index is 0.254. The molecule has 0 fully saturated rings. The summed E-state index contributed by atoms with van der Waals surface area (Å²) in [4.78, 5) is 6.26. The lowest BCUT2D eigenvalue weighted by Gasteiger charge is -2.35. The van der Waals surface area contributed by atoms with Crippen molar-refractivity contribution in [1.29, 1.82) is 5.26 Å². The largest absolute Gasteiger partial charge is 0.497 e. The number of hydrogen-bond acceptors (Lipinski definition) is 5. The molecule has 0 N–H and O–H groups in total. The maximum Gasteiger partial charge on any atom is 0.119 e. The summed E-state index contributed by atoms with van der Waals surface area (Å²) in [7, 11) is 1.68. The van der Waals surface area contributed by atoms with Gasteiger partial charge in [-0.05, 0) is 65.3 Å². The monoisotopic (exact) mass is 448 g/mol. The van der Waals surface area contributed by atoms with Crippen molar-refractivity contribution in [3.05, 3.63) is 64.2 Å². The van der Waals surface area contributed by atoms with E-state index in [0.717, 1.165) is 52.5 Å². The van der Waals surface area contributed by atoms with E-state index in [1.54, 1.807) is 30.2 Å². The Hall–Kier alpha value is -2.29. The summed E-state index contributed by atoms with van der Waals surface area (Å²) in [5.74, 6) is 2.21. The third-order valence-electron chi connectivity index (χ3n) is 6.15. The number of benzene rings is 1. The van der Waals surface area contributed by atoms with Crippen LogP contribution in [-0.2, 0) is 18.6 Å². The highest BCUT2D eigenvalue weighted by molar-refractivity contribution is 7.98. The summed E-state index contributed by atoms with van der Waals surface area (Å²) in [5.41, 5.74) is 5.72. The summed E-state index contributed by atoms with van der Waals surface area (Å²) in [6, 6.07) is 14.8. The minimum atomic E-state index is 0.254. The van der Waals surface area contributed by atoms with Crippen LogP contribution in [0.1, 0.15) is 49.6 Å². The highest BCUT2D eigenvalue weighted by Gasteiger charge is 2.32. The zero-order valence-corrected chi connectivity index (χ0v) is 20.2. The van der Waals surface area contributed by atoms with Crippen LogP contribution in [0.2, 0.25) is 0 Å². The molecule has 1 aliphatic rings. The Bertz CT molecular complexity index is 1110. The van der Waals surface area contributed by atoms with E-state index in [-0.39, 0.29) is 5.41 Å². The first-order chi connectivity index (χ1) is 14.9. The van der Waals surface area contributed by atoms with Crippen LogP contribution in [0.5, 0.6) is 5.75 Å². The van der Waals surface area contributed by atoms with E-state index >= 15 is 0 Å². The number of nitriles is 1. The van der Waals surface area contributed by atoms with Gasteiger partial charge >= 0.3 is 0 Å². The second-order valence-corrected chi connectivity index (χ2v) is 11.0. The molecule has 0 saturated heterocycles. The molecular weight excluding hydrogens is 420 g/mol. The number of hydrogen-bond donors (Lipinski definition) is 0. The summed E-state index contributed by atoms with van der Waals surface area (Å²) >= 11 is 3.36. The van der Waals surface area contributed by atoms with Gasteiger partial charge in [0.05, 0.1) is 12.7 Å². The molecule has 0 radical (unpaired) electrons. The molecule has 4 rings (SSSR count). The lowest BCUT2D eigenvalue weighted by atomic mass is 9.71. The van der Waals surface area contributed by atoms with Crippen molar-refractivity contribution >= 4 is 23.1 Å². The summed E-state index contributed by atoms with van der Waals surface area (Å²) < 4.78 is 5.36. The van der Waals surface area contributed by atoms with E-state index in [0.29, 0.717) is 5.92 Å². The zero-order valence-electron chi connectivity index (χ0n) is 18.6. The van der Waals surface area contributed by atoms with E-state index in [1.807, 2.05) is 18.2 Å². The van der Waals surface area contributed by atoms with Gasteiger partial charge in [0.2, 0.25) is 0 Å². The second-order valence-electron chi connectivity index (χ2n) is 9.13. The Kier molecular flexibility index (Phi) is 6.41. The van der Waals surface area contributed by atoms with Crippen molar-refractivity contribution < 1.29 is 4.74 Å². The van der Waals surface area contributed by atoms with Gasteiger partial charge in [-0.3, -0.25) is 0 Å². The molecule has 1 aliphatic carbocycles. The molecule has 2 aromatic heterocycles. The number of aromatic nitrogens is 1. The van der Waals surface area contributed by atoms with Gasteiger partial charge in [-0.1, -0.05) is 39.0 Å². The lowest BCUT2D eigenvalue weighted by molar-refractivity contribution is 0.213. The molecule has 2 heterocycles. The van der Waals surface area contributed by atoms with Crippen molar-refractivity contribution in [2.45, 2.75) is 50.8 Å². The van der Waals surface area contributed by atoms with Gasteiger partial charge in [0.25, 0.3) is 0 Å². The van der Waals surface area contributed by atoms with Gasteiger partial charge in [-0.15, -0.1) is 23.1 Å². The number of methoxy groups -OCH3 is 1. The maximum absolute atomic E-state index is 10.1. The SMILES string of the molecule is COc1cccc(CSc2nc3c(c(-c4cccs4)c2C#N)CC[C@H](C(C)(C)C)C3)c1. The fourth-order valence-electron chi connectivity index (χ4n) is 4.29. The first-order valence-electron chi connectivity index (χ1n) is 10.7. The molecule has 0 aliphatic heterocycles. The van der Waals surface area contributed by atoms with Crippen molar-refractivity contribution in [3.63, 3.8) is 0 Å². The summed E-state index contributed by atoms with van der Waals surface area (Å²) in [6.07, 6.45) is 3.13. The fourth-order valence-corrected chi connectivity index (χ4v) is 6.05. The lowest BCUT2D eigenvalue weighted by Crippen LogP contribution is -2.28.